The molecule has 0 spiro atoms. The van der Waals surface area contributed by atoms with Gasteiger partial charge in [0.15, 0.2) is 5.11 Å². The minimum Gasteiger partial charge on any atom is -0.351 e. The van der Waals surface area contributed by atoms with E-state index in [9.17, 15) is 9.18 Å². The van der Waals surface area contributed by atoms with E-state index in [1.165, 1.54) is 12.1 Å². The fourth-order valence-corrected chi connectivity index (χ4v) is 5.71. The number of carbonyl (C=O) groups excluding carboxylic acids is 1. The molecule has 46 heavy (non-hydrogen) atoms. The van der Waals surface area contributed by atoms with Crippen molar-refractivity contribution in [3.8, 4) is 6.07 Å². The molecule has 9 heteroatoms. The maximum Gasteiger partial charge on any atom is 0.226 e. The Kier molecular flexibility index (Phi) is 10.7. The third-order valence-corrected chi connectivity index (χ3v) is 8.63. The monoisotopic (exact) mass is 632 g/mol. The first kappa shape index (κ1) is 32.3. The van der Waals surface area contributed by atoms with Crippen LogP contribution in [-0.4, -0.2) is 38.1 Å². The van der Waals surface area contributed by atoms with Crippen LogP contribution in [0.3, 0.4) is 0 Å². The number of thiocarbonyl (C=S) groups is 1. The molecule has 0 aliphatic carbocycles. The minimum atomic E-state index is -0.350. The highest BCUT2D eigenvalue weighted by Gasteiger charge is 2.24. The van der Waals surface area contributed by atoms with E-state index in [1.54, 1.807) is 36.8 Å². The van der Waals surface area contributed by atoms with Crippen LogP contribution in [0.25, 0.3) is 10.8 Å². The first-order valence-corrected chi connectivity index (χ1v) is 15.8. The summed E-state index contributed by atoms with van der Waals surface area (Å²) in [5, 5.41) is 18.3. The van der Waals surface area contributed by atoms with Gasteiger partial charge in [-0.1, -0.05) is 80.9 Å². The van der Waals surface area contributed by atoms with Gasteiger partial charge in [-0.05, 0) is 70.4 Å². The summed E-state index contributed by atoms with van der Waals surface area (Å²) in [7, 11) is 0. The maximum absolute atomic E-state index is 14.0. The highest BCUT2D eigenvalue weighted by molar-refractivity contribution is 7.80. The summed E-state index contributed by atoms with van der Waals surface area (Å²) in [4.78, 5) is 19.9. The molecule has 1 heterocycles. The van der Waals surface area contributed by atoms with E-state index in [0.717, 1.165) is 34.0 Å². The highest BCUT2D eigenvalue weighted by atomic mass is 32.1. The summed E-state index contributed by atoms with van der Waals surface area (Å²) in [6.45, 7) is 5.73. The molecule has 234 valence electrons. The number of nitrogens with one attached hydrogen (secondary N) is 2. The van der Waals surface area contributed by atoms with Crippen LogP contribution in [0, 0.1) is 23.1 Å². The van der Waals surface area contributed by atoms with E-state index in [0.29, 0.717) is 36.0 Å². The number of aromatic nitrogens is 2. The van der Waals surface area contributed by atoms with Crippen LogP contribution in [0.2, 0.25) is 0 Å². The lowest BCUT2D eigenvalue weighted by Crippen LogP contribution is -2.50. The lowest BCUT2D eigenvalue weighted by Gasteiger charge is -2.33. The van der Waals surface area contributed by atoms with Gasteiger partial charge in [-0.2, -0.15) is 5.26 Å². The molecule has 0 aliphatic rings. The van der Waals surface area contributed by atoms with Crippen LogP contribution in [0.15, 0.2) is 104 Å². The third kappa shape index (κ3) is 8.34. The van der Waals surface area contributed by atoms with Gasteiger partial charge in [-0.3, -0.25) is 4.79 Å². The Balaban J connectivity index is 1.35. The number of amides is 1. The van der Waals surface area contributed by atoms with Gasteiger partial charge in [0.05, 0.1) is 24.4 Å². The minimum absolute atomic E-state index is 0.110. The molecule has 5 aromatic rings. The number of imidazole rings is 1. The zero-order chi connectivity index (χ0) is 32.5. The number of nitriles is 1. The van der Waals surface area contributed by atoms with Crippen molar-refractivity contribution in [3.05, 3.63) is 132 Å². The average molecular weight is 633 g/mol. The number of fused-ring (bicyclic) bond motifs is 1. The first-order valence-electron chi connectivity index (χ1n) is 15.4. The molecule has 5 rings (SSSR count). The van der Waals surface area contributed by atoms with Crippen molar-refractivity contribution >= 4 is 39.7 Å². The quantitative estimate of drug-likeness (QED) is 0.143. The van der Waals surface area contributed by atoms with E-state index >= 15 is 0 Å². The van der Waals surface area contributed by atoms with Gasteiger partial charge in [0, 0.05) is 43.3 Å². The van der Waals surface area contributed by atoms with Gasteiger partial charge in [0.25, 0.3) is 0 Å². The van der Waals surface area contributed by atoms with Gasteiger partial charge >= 0.3 is 0 Å². The van der Waals surface area contributed by atoms with Gasteiger partial charge in [0.1, 0.15) is 5.82 Å². The number of benzene rings is 4. The summed E-state index contributed by atoms with van der Waals surface area (Å²) in [6, 6.07) is 30.0. The Morgan fingerprint density at radius 3 is 2.59 bits per heavy atom. The van der Waals surface area contributed by atoms with Gasteiger partial charge in [-0.15, -0.1) is 0 Å². The van der Waals surface area contributed by atoms with E-state index < -0.39 is 0 Å². The number of rotatable bonds is 12. The van der Waals surface area contributed by atoms with Crippen molar-refractivity contribution < 1.29 is 9.18 Å². The van der Waals surface area contributed by atoms with Crippen LogP contribution in [0.1, 0.15) is 42.7 Å². The highest BCUT2D eigenvalue weighted by Crippen LogP contribution is 2.22. The van der Waals surface area contributed by atoms with Gasteiger partial charge in [-0.25, -0.2) is 9.37 Å². The summed E-state index contributed by atoms with van der Waals surface area (Å²) < 4.78 is 16.0. The molecule has 0 saturated heterocycles. The fraction of sp³-hybridized carbons (Fsp3) is 0.243. The smallest absolute Gasteiger partial charge is 0.226 e. The first-order chi connectivity index (χ1) is 22.3. The second kappa shape index (κ2) is 15.3. The topological polar surface area (TPSA) is 86.0 Å². The van der Waals surface area contributed by atoms with Crippen LogP contribution in [0.4, 0.5) is 10.1 Å². The Bertz CT molecular complexity index is 1840. The van der Waals surface area contributed by atoms with Crippen molar-refractivity contribution in [2.45, 2.75) is 45.8 Å². The number of halogens is 1. The van der Waals surface area contributed by atoms with E-state index in [1.807, 2.05) is 39.8 Å². The van der Waals surface area contributed by atoms with Gasteiger partial charge < -0.3 is 20.1 Å². The molecule has 2 atom stereocenters. The van der Waals surface area contributed by atoms with E-state index in [-0.39, 0.29) is 30.1 Å². The van der Waals surface area contributed by atoms with E-state index in [4.69, 9.17) is 17.5 Å². The molecule has 4 aromatic carbocycles. The molecule has 1 aromatic heterocycles. The van der Waals surface area contributed by atoms with Crippen molar-refractivity contribution in [1.82, 2.24) is 19.8 Å². The molecule has 0 bridgehead atoms. The summed E-state index contributed by atoms with van der Waals surface area (Å²) in [5.41, 5.74) is 4.07. The normalized spacial score (nSPS) is 12.2. The molecule has 2 N–H and O–H groups in total. The molecule has 0 aliphatic heterocycles. The number of carbonyl (C=O) groups is 1. The van der Waals surface area contributed by atoms with Crippen molar-refractivity contribution in [3.63, 3.8) is 0 Å². The van der Waals surface area contributed by atoms with Crippen molar-refractivity contribution in [1.29, 1.82) is 5.26 Å². The summed E-state index contributed by atoms with van der Waals surface area (Å²) >= 11 is 5.92. The second-order valence-electron chi connectivity index (χ2n) is 11.5. The molecule has 7 nitrogen and oxygen atoms in total. The molecule has 0 radical (unpaired) electrons. The van der Waals surface area contributed by atoms with Crippen molar-refractivity contribution in [2.24, 2.45) is 5.92 Å². The SMILES string of the molecule is CC[C@H](C)[C@@H](CN(Cc1cccc2ccccc12)C(=S)Nc1cccc(F)c1)NC(=O)Cc1cncn1Cc1ccc(C#N)cc1. The molecular weight excluding hydrogens is 596 g/mol. The lowest BCUT2D eigenvalue weighted by atomic mass is 9.97. The molecule has 1 amide bonds. The predicted octanol–water partition coefficient (Wildman–Crippen LogP) is 7.07. The Morgan fingerprint density at radius 2 is 1.83 bits per heavy atom. The number of anilines is 1. The maximum atomic E-state index is 14.0. The van der Waals surface area contributed by atoms with E-state index in [2.05, 4.69) is 59.8 Å². The third-order valence-electron chi connectivity index (χ3n) is 8.27. The number of nitrogens with zero attached hydrogens (tertiary/aromatic N) is 4. The summed E-state index contributed by atoms with van der Waals surface area (Å²) in [5.74, 6) is -0.308. The Labute approximate surface area is 274 Å². The number of hydrogen-bond donors (Lipinski definition) is 2. The second-order valence-corrected chi connectivity index (χ2v) is 11.9. The molecule has 0 unspecified atom stereocenters. The standard InChI is InChI=1S/C37H37FN6OS/c1-3-26(2)35(42-36(45)19-33-21-40-25-44(33)22-28-16-14-27(20-39)15-17-28)24-43(37(46)41-32-12-7-11-31(38)18-32)23-30-10-6-9-29-8-4-5-13-34(29)30/h4-18,21,25-26,35H,3,19,22-24H2,1-2H3,(H,41,46)(H,42,45)/t26-,35+/m0/s1. The van der Waals surface area contributed by atoms with Crippen LogP contribution >= 0.6 is 12.2 Å². The zero-order valence-electron chi connectivity index (χ0n) is 26.0. The lowest BCUT2D eigenvalue weighted by molar-refractivity contribution is -0.121. The fourth-order valence-electron chi connectivity index (χ4n) is 5.46. The Morgan fingerprint density at radius 1 is 1.07 bits per heavy atom. The Hall–Kier alpha value is -5.07. The molecular formula is C37H37FN6OS. The average Bonchev–Trinajstić information content (AvgIpc) is 3.49. The van der Waals surface area contributed by atoms with Crippen LogP contribution in [-0.2, 0) is 24.3 Å². The number of hydrogen-bond acceptors (Lipinski definition) is 4. The van der Waals surface area contributed by atoms with Crippen molar-refractivity contribution in [2.75, 3.05) is 11.9 Å². The van der Waals surface area contributed by atoms with Crippen LogP contribution in [0.5, 0.6) is 0 Å². The largest absolute Gasteiger partial charge is 0.351 e. The summed E-state index contributed by atoms with van der Waals surface area (Å²) in [6.07, 6.45) is 4.45. The predicted molar refractivity (Wildman–Crippen MR) is 185 cm³/mol. The molecule has 0 fully saturated rings. The zero-order valence-corrected chi connectivity index (χ0v) is 26.8. The van der Waals surface area contributed by atoms with Crippen LogP contribution < -0.4 is 10.6 Å². The molecule has 0 saturated carbocycles. The van der Waals surface area contributed by atoms with Gasteiger partial charge in [0.2, 0.25) is 5.91 Å².